The maximum atomic E-state index is 11.0. The lowest BCUT2D eigenvalue weighted by Gasteiger charge is -2.17. The number of halogens is 4. The maximum Gasteiger partial charge on any atom is 0.318 e. The molecule has 0 fully saturated rings. The molecule has 1 aromatic carbocycles. The minimum Gasteiger partial charge on any atom is -0.480 e. The van der Waals surface area contributed by atoms with Gasteiger partial charge in [0.2, 0.25) is 0 Å². The SMILES string of the molecule is O=C(O)[C@H](Br)[C@H](Br)c1cccc([C@H](Br)[C@@H](Br)C(=O)O)c1. The highest BCUT2D eigenvalue weighted by atomic mass is 79.9. The smallest absolute Gasteiger partial charge is 0.318 e. The number of hydrogen-bond donors (Lipinski definition) is 2. The molecule has 0 aliphatic rings. The third-order valence-electron chi connectivity index (χ3n) is 2.53. The normalized spacial score (nSPS) is 17.0. The zero-order valence-electron chi connectivity index (χ0n) is 9.84. The topological polar surface area (TPSA) is 74.6 Å². The largest absolute Gasteiger partial charge is 0.480 e. The van der Waals surface area contributed by atoms with E-state index < -0.39 is 31.2 Å². The average molecular weight is 538 g/mol. The lowest BCUT2D eigenvalue weighted by Crippen LogP contribution is -2.19. The van der Waals surface area contributed by atoms with Crippen LogP contribution in [0.25, 0.3) is 0 Å². The Morgan fingerprint density at radius 3 is 1.50 bits per heavy atom. The van der Waals surface area contributed by atoms with Crippen molar-refractivity contribution in [3.8, 4) is 0 Å². The molecule has 4 nitrogen and oxygen atoms in total. The van der Waals surface area contributed by atoms with Gasteiger partial charge in [0.25, 0.3) is 0 Å². The molecule has 0 aromatic heterocycles. The van der Waals surface area contributed by atoms with Gasteiger partial charge in [0.15, 0.2) is 0 Å². The molecule has 0 radical (unpaired) electrons. The fourth-order valence-corrected chi connectivity index (χ4v) is 3.12. The van der Waals surface area contributed by atoms with Crippen molar-refractivity contribution >= 4 is 75.7 Å². The third kappa shape index (κ3) is 4.54. The lowest BCUT2D eigenvalue weighted by atomic mass is 10.0. The van der Waals surface area contributed by atoms with Gasteiger partial charge in [0, 0.05) is 0 Å². The number of hydrogen-bond acceptors (Lipinski definition) is 2. The molecule has 1 aromatic rings. The molecule has 0 spiro atoms. The Balaban J connectivity index is 3.01. The van der Waals surface area contributed by atoms with E-state index in [0.717, 1.165) is 11.1 Å². The number of carboxylic acids is 2. The molecule has 0 heterocycles. The first-order valence-corrected chi connectivity index (χ1v) is 9.03. The highest BCUT2D eigenvalue weighted by molar-refractivity contribution is 9.12. The van der Waals surface area contributed by atoms with Crippen LogP contribution >= 0.6 is 63.7 Å². The van der Waals surface area contributed by atoms with Gasteiger partial charge in [0.1, 0.15) is 9.65 Å². The average Bonchev–Trinajstić information content (AvgIpc) is 2.43. The van der Waals surface area contributed by atoms with Gasteiger partial charge in [-0.2, -0.15) is 0 Å². The lowest BCUT2D eigenvalue weighted by molar-refractivity contribution is -0.137. The van der Waals surface area contributed by atoms with E-state index in [1.165, 1.54) is 0 Å². The Morgan fingerprint density at radius 1 is 0.850 bits per heavy atom. The van der Waals surface area contributed by atoms with Gasteiger partial charge >= 0.3 is 11.9 Å². The second-order valence-corrected chi connectivity index (χ2v) is 7.90. The van der Waals surface area contributed by atoms with Gasteiger partial charge in [-0.05, 0) is 11.1 Å². The van der Waals surface area contributed by atoms with E-state index in [1.54, 1.807) is 24.3 Å². The number of alkyl halides is 4. The number of carbonyl (C=O) groups is 2. The van der Waals surface area contributed by atoms with Gasteiger partial charge in [-0.25, -0.2) is 0 Å². The van der Waals surface area contributed by atoms with E-state index in [9.17, 15) is 9.59 Å². The Bertz CT molecular complexity index is 467. The molecule has 0 bridgehead atoms. The van der Waals surface area contributed by atoms with Crippen molar-refractivity contribution in [3.05, 3.63) is 35.4 Å². The van der Waals surface area contributed by atoms with Crippen LogP contribution in [-0.4, -0.2) is 31.8 Å². The third-order valence-corrected chi connectivity index (χ3v) is 7.91. The molecule has 4 atom stereocenters. The summed E-state index contributed by atoms with van der Waals surface area (Å²) in [6, 6.07) is 7.09. The molecule has 0 aliphatic carbocycles. The first-order valence-electron chi connectivity index (χ1n) is 5.37. The second kappa shape index (κ2) is 7.91. The molecule has 0 aliphatic heterocycles. The molecule has 0 saturated carbocycles. The Labute approximate surface area is 149 Å². The summed E-state index contributed by atoms with van der Waals surface area (Å²) in [5.74, 6) is -1.95. The van der Waals surface area contributed by atoms with Gasteiger partial charge in [-0.3, -0.25) is 9.59 Å². The van der Waals surface area contributed by atoms with Crippen LogP contribution in [0, 0.1) is 0 Å². The summed E-state index contributed by atoms with van der Waals surface area (Å²) in [7, 11) is 0. The quantitative estimate of drug-likeness (QED) is 0.532. The van der Waals surface area contributed by atoms with E-state index in [4.69, 9.17) is 10.2 Å². The minimum atomic E-state index is -0.975. The van der Waals surface area contributed by atoms with E-state index in [2.05, 4.69) is 63.7 Å². The molecule has 0 unspecified atom stereocenters. The van der Waals surface area contributed by atoms with Crippen molar-refractivity contribution in [1.82, 2.24) is 0 Å². The highest BCUT2D eigenvalue weighted by Crippen LogP contribution is 2.36. The van der Waals surface area contributed by atoms with E-state index in [-0.39, 0.29) is 0 Å². The van der Waals surface area contributed by atoms with Crippen molar-refractivity contribution < 1.29 is 19.8 Å². The molecular weight excluding hydrogens is 528 g/mol. The van der Waals surface area contributed by atoms with Crippen molar-refractivity contribution in [2.45, 2.75) is 19.3 Å². The van der Waals surface area contributed by atoms with Gasteiger partial charge in [-0.15, -0.1) is 0 Å². The predicted octanol–water partition coefficient (Wildman–Crippen LogP) is 4.25. The molecule has 0 saturated heterocycles. The van der Waals surface area contributed by atoms with Crippen LogP contribution in [0.15, 0.2) is 24.3 Å². The van der Waals surface area contributed by atoms with Gasteiger partial charge in [-0.1, -0.05) is 88.0 Å². The van der Waals surface area contributed by atoms with Crippen LogP contribution in [0.3, 0.4) is 0 Å². The van der Waals surface area contributed by atoms with Crippen molar-refractivity contribution in [2.75, 3.05) is 0 Å². The molecule has 0 amide bonds. The Morgan fingerprint density at radius 2 is 1.20 bits per heavy atom. The summed E-state index contributed by atoms with van der Waals surface area (Å²) in [5.41, 5.74) is 1.50. The van der Waals surface area contributed by atoms with Crippen LogP contribution in [0.2, 0.25) is 0 Å². The van der Waals surface area contributed by atoms with Crippen molar-refractivity contribution in [2.24, 2.45) is 0 Å². The Kier molecular flexibility index (Phi) is 7.17. The zero-order valence-corrected chi connectivity index (χ0v) is 16.2. The fourth-order valence-electron chi connectivity index (χ4n) is 1.49. The molecule has 110 valence electrons. The summed E-state index contributed by atoms with van der Waals surface area (Å²) in [5, 5.41) is 18.0. The Hall–Kier alpha value is 0.0800. The maximum absolute atomic E-state index is 11.0. The number of rotatable bonds is 6. The monoisotopic (exact) mass is 534 g/mol. The molecule has 1 rings (SSSR count). The van der Waals surface area contributed by atoms with Crippen LogP contribution in [-0.2, 0) is 9.59 Å². The number of carboxylic acid groups (broad SMARTS) is 2. The minimum absolute atomic E-state index is 0.418. The first kappa shape index (κ1) is 18.1. The van der Waals surface area contributed by atoms with Crippen LogP contribution in [0.1, 0.15) is 20.8 Å². The summed E-state index contributed by atoms with van der Waals surface area (Å²) in [6.45, 7) is 0. The molecular formula is C12H10Br4O4. The van der Waals surface area contributed by atoms with Crippen LogP contribution < -0.4 is 0 Å². The van der Waals surface area contributed by atoms with E-state index in [0.29, 0.717) is 0 Å². The van der Waals surface area contributed by atoms with Crippen molar-refractivity contribution in [3.63, 3.8) is 0 Å². The summed E-state index contributed by atoms with van der Waals surface area (Å²) in [4.78, 5) is 19.5. The number of benzene rings is 1. The summed E-state index contributed by atoms with van der Waals surface area (Å²) >= 11 is 12.9. The van der Waals surface area contributed by atoms with Crippen LogP contribution in [0.4, 0.5) is 0 Å². The van der Waals surface area contributed by atoms with E-state index >= 15 is 0 Å². The fraction of sp³-hybridized carbons (Fsp3) is 0.333. The van der Waals surface area contributed by atoms with Crippen molar-refractivity contribution in [1.29, 1.82) is 0 Å². The highest BCUT2D eigenvalue weighted by Gasteiger charge is 2.27. The number of aliphatic carboxylic acids is 2. The predicted molar refractivity (Wildman–Crippen MR) is 90.5 cm³/mol. The summed E-state index contributed by atoms with van der Waals surface area (Å²) in [6.07, 6.45) is 0. The zero-order chi connectivity index (χ0) is 15.4. The second-order valence-electron chi connectivity index (χ2n) is 3.95. The van der Waals surface area contributed by atoms with Crippen LogP contribution in [0.5, 0.6) is 0 Å². The summed E-state index contributed by atoms with van der Waals surface area (Å²) < 4.78 is 0. The van der Waals surface area contributed by atoms with Gasteiger partial charge < -0.3 is 10.2 Å². The molecule has 8 heteroatoms. The molecule has 2 N–H and O–H groups in total. The standard InChI is InChI=1S/C12H10Br4O4/c13-7(9(15)11(17)18)5-2-1-3-6(4-5)8(14)10(16)12(19)20/h1-4,7-10H,(H,17,18)(H,19,20)/t7-,8+,9-,10-/m1/s1. The van der Waals surface area contributed by atoms with Gasteiger partial charge in [0.05, 0.1) is 9.65 Å². The van der Waals surface area contributed by atoms with E-state index in [1.807, 2.05) is 0 Å². The molecule has 20 heavy (non-hydrogen) atoms. The first-order chi connectivity index (χ1) is 9.25.